The van der Waals surface area contributed by atoms with Crippen molar-refractivity contribution < 1.29 is 9.36 Å². The lowest BCUT2D eigenvalue weighted by molar-refractivity contribution is 0.103. The Morgan fingerprint density at radius 1 is 0.750 bits per heavy atom. The summed E-state index contributed by atoms with van der Waals surface area (Å²) in [6.07, 6.45) is 0. The molecule has 0 aromatic heterocycles. The second-order valence-corrected chi connectivity index (χ2v) is 8.68. The van der Waals surface area contributed by atoms with Crippen LogP contribution in [-0.4, -0.2) is 5.78 Å². The minimum absolute atomic E-state index is 0.258. The molecule has 0 N–H and O–H groups in total. The van der Waals surface area contributed by atoms with Crippen LogP contribution in [0.3, 0.4) is 0 Å². The molecule has 136 valence electrons. The number of carbonyl (C=O) groups excluding carboxylic acids is 1. The Labute approximate surface area is 173 Å². The lowest BCUT2D eigenvalue weighted by Crippen LogP contribution is -2.10. The van der Waals surface area contributed by atoms with Gasteiger partial charge in [0.05, 0.1) is 15.6 Å². The molecule has 0 bridgehead atoms. The highest BCUT2D eigenvalue weighted by molar-refractivity contribution is 7.61. The van der Waals surface area contributed by atoms with Crippen LogP contribution >= 0.6 is 31.0 Å². The Bertz CT molecular complexity index is 1220. The van der Waals surface area contributed by atoms with Gasteiger partial charge in [0.25, 0.3) is 0 Å². The second-order valence-electron chi connectivity index (χ2n) is 6.28. The maximum atomic E-state index is 13.2. The highest BCUT2D eigenvalue weighted by Crippen LogP contribution is 2.34. The third-order valence-electron chi connectivity index (χ3n) is 4.50. The van der Waals surface area contributed by atoms with Gasteiger partial charge in [0, 0.05) is 17.0 Å². The maximum absolute atomic E-state index is 13.2. The fourth-order valence-corrected chi connectivity index (χ4v) is 5.03. The summed E-state index contributed by atoms with van der Waals surface area (Å²) < 4.78 is 12.9. The minimum Gasteiger partial charge on any atom is -0.288 e. The molecule has 0 saturated carbocycles. The third kappa shape index (κ3) is 3.47. The average molecular weight is 424 g/mol. The summed E-state index contributed by atoms with van der Waals surface area (Å²) >= 11 is 12.9. The van der Waals surface area contributed by atoms with Gasteiger partial charge in [0.2, 0.25) is 0 Å². The first-order valence-electron chi connectivity index (χ1n) is 8.60. The molecule has 5 heteroatoms. The Morgan fingerprint density at radius 2 is 1.43 bits per heavy atom. The quantitative estimate of drug-likeness (QED) is 0.291. The largest absolute Gasteiger partial charge is 0.415 e. The number of ketones is 1. The van der Waals surface area contributed by atoms with Gasteiger partial charge < -0.3 is 0 Å². The SMILES string of the molecule is O=C(c1cccc([P+](=O)c2ccccc2)c1)c1c(Cl)cc2ccccc2c1Cl. The highest BCUT2D eigenvalue weighted by Gasteiger charge is 2.26. The van der Waals surface area contributed by atoms with E-state index in [4.69, 9.17) is 23.2 Å². The first-order valence-corrected chi connectivity index (χ1v) is 10.6. The van der Waals surface area contributed by atoms with Gasteiger partial charge in [-0.2, -0.15) is 0 Å². The van der Waals surface area contributed by atoms with Gasteiger partial charge in [0.1, 0.15) is 0 Å². The Kier molecular flexibility index (Phi) is 5.28. The summed E-state index contributed by atoms with van der Waals surface area (Å²) in [6.45, 7) is 0. The number of fused-ring (bicyclic) bond motifs is 1. The molecule has 0 aliphatic heterocycles. The zero-order valence-corrected chi connectivity index (χ0v) is 17.0. The van der Waals surface area contributed by atoms with Crippen LogP contribution in [0.25, 0.3) is 10.8 Å². The molecule has 0 amide bonds. The van der Waals surface area contributed by atoms with Crippen molar-refractivity contribution in [1.82, 2.24) is 0 Å². The molecule has 0 fully saturated rings. The van der Waals surface area contributed by atoms with Crippen molar-refractivity contribution in [1.29, 1.82) is 0 Å². The first-order chi connectivity index (χ1) is 13.6. The number of rotatable bonds is 4. The zero-order valence-electron chi connectivity index (χ0n) is 14.6. The molecule has 1 atom stereocenters. The molecule has 2 nitrogen and oxygen atoms in total. The van der Waals surface area contributed by atoms with Crippen molar-refractivity contribution in [3.63, 3.8) is 0 Å². The highest BCUT2D eigenvalue weighted by atomic mass is 35.5. The standard InChI is InChI=1S/C23H14Cl2O2P/c24-20-14-15-7-4-5-12-19(15)22(25)21(20)23(26)16-8-6-11-18(13-16)28(27)17-9-2-1-3-10-17/h1-14H/q+1. The number of hydrogen-bond donors (Lipinski definition) is 0. The van der Waals surface area contributed by atoms with Crippen LogP contribution in [0.1, 0.15) is 15.9 Å². The number of halogens is 2. The molecule has 4 aromatic carbocycles. The molecular weight excluding hydrogens is 410 g/mol. The van der Waals surface area contributed by atoms with Gasteiger partial charge in [-0.3, -0.25) is 4.79 Å². The number of hydrogen-bond acceptors (Lipinski definition) is 2. The van der Waals surface area contributed by atoms with E-state index in [9.17, 15) is 9.36 Å². The molecule has 0 saturated heterocycles. The maximum Gasteiger partial charge on any atom is 0.415 e. The summed E-state index contributed by atoms with van der Waals surface area (Å²) in [5.74, 6) is -0.293. The molecule has 1 unspecified atom stereocenters. The van der Waals surface area contributed by atoms with E-state index >= 15 is 0 Å². The molecule has 4 aromatic rings. The van der Waals surface area contributed by atoms with Crippen molar-refractivity contribution in [2.75, 3.05) is 0 Å². The van der Waals surface area contributed by atoms with E-state index in [2.05, 4.69) is 0 Å². The summed E-state index contributed by atoms with van der Waals surface area (Å²) in [7, 11) is -1.79. The summed E-state index contributed by atoms with van der Waals surface area (Å²) in [6, 6.07) is 25.2. The minimum atomic E-state index is -1.79. The van der Waals surface area contributed by atoms with Crippen LogP contribution in [0.4, 0.5) is 0 Å². The summed E-state index contributed by atoms with van der Waals surface area (Å²) in [4.78, 5) is 13.2. The second kappa shape index (κ2) is 7.85. The monoisotopic (exact) mass is 423 g/mol. The molecule has 0 heterocycles. The topological polar surface area (TPSA) is 34.1 Å². The van der Waals surface area contributed by atoms with Crippen molar-refractivity contribution in [2.45, 2.75) is 0 Å². The van der Waals surface area contributed by atoms with Crippen molar-refractivity contribution in [3.8, 4) is 0 Å². The van der Waals surface area contributed by atoms with Crippen LogP contribution in [-0.2, 0) is 4.57 Å². The lowest BCUT2D eigenvalue weighted by Gasteiger charge is -2.10. The molecule has 4 rings (SSSR count). The van der Waals surface area contributed by atoms with Crippen LogP contribution in [0.2, 0.25) is 10.0 Å². The average Bonchev–Trinajstić information content (AvgIpc) is 2.74. The zero-order chi connectivity index (χ0) is 19.7. The van der Waals surface area contributed by atoms with E-state index in [1.807, 2.05) is 54.6 Å². The normalized spacial score (nSPS) is 11.4. The molecule has 0 spiro atoms. The lowest BCUT2D eigenvalue weighted by atomic mass is 9.99. The van der Waals surface area contributed by atoms with E-state index < -0.39 is 7.80 Å². The van der Waals surface area contributed by atoms with Crippen LogP contribution in [0.5, 0.6) is 0 Å². The molecule has 28 heavy (non-hydrogen) atoms. The molecular formula is C23H14Cl2O2P+. The Hall–Kier alpha value is -2.51. The summed E-state index contributed by atoms with van der Waals surface area (Å²) in [5, 5.41) is 3.56. The van der Waals surface area contributed by atoms with Crippen LogP contribution in [0.15, 0.2) is 84.9 Å². The van der Waals surface area contributed by atoms with Gasteiger partial charge in [0.15, 0.2) is 16.4 Å². The van der Waals surface area contributed by atoms with E-state index in [1.165, 1.54) is 0 Å². The molecule has 0 aliphatic carbocycles. The number of carbonyl (C=O) groups is 1. The molecule has 0 radical (unpaired) electrons. The van der Waals surface area contributed by atoms with Gasteiger partial charge in [-0.15, -0.1) is 0 Å². The van der Waals surface area contributed by atoms with Gasteiger partial charge in [-0.05, 0) is 29.7 Å². The third-order valence-corrected chi connectivity index (χ3v) is 6.70. The smallest absolute Gasteiger partial charge is 0.288 e. The van der Waals surface area contributed by atoms with Crippen LogP contribution < -0.4 is 10.6 Å². The van der Waals surface area contributed by atoms with Crippen molar-refractivity contribution >= 4 is 58.2 Å². The van der Waals surface area contributed by atoms with Crippen molar-refractivity contribution in [3.05, 3.63) is 106 Å². The Balaban J connectivity index is 1.78. The van der Waals surface area contributed by atoms with E-state index in [-0.39, 0.29) is 11.3 Å². The van der Waals surface area contributed by atoms with E-state index in [0.29, 0.717) is 26.2 Å². The molecule has 0 aliphatic rings. The van der Waals surface area contributed by atoms with Crippen molar-refractivity contribution in [2.24, 2.45) is 0 Å². The number of benzene rings is 4. The predicted molar refractivity (Wildman–Crippen MR) is 117 cm³/mol. The first kappa shape index (κ1) is 18.8. The van der Waals surface area contributed by atoms with Gasteiger partial charge >= 0.3 is 7.80 Å². The predicted octanol–water partition coefficient (Wildman–Crippen LogP) is 6.16. The van der Waals surface area contributed by atoms with E-state index in [0.717, 1.165) is 10.8 Å². The van der Waals surface area contributed by atoms with Gasteiger partial charge in [-0.1, -0.05) is 82.4 Å². The summed E-state index contributed by atoms with van der Waals surface area (Å²) in [5.41, 5.74) is 0.657. The fourth-order valence-electron chi connectivity index (χ4n) is 3.11. The fraction of sp³-hybridized carbons (Fsp3) is 0. The van der Waals surface area contributed by atoms with E-state index in [1.54, 1.807) is 30.3 Å². The van der Waals surface area contributed by atoms with Gasteiger partial charge in [-0.25, -0.2) is 0 Å². The Morgan fingerprint density at radius 3 is 2.21 bits per heavy atom. The van der Waals surface area contributed by atoms with Crippen LogP contribution in [0, 0.1) is 0 Å².